The number of hydrogen-bond acceptors (Lipinski definition) is 4. The smallest absolute Gasteiger partial charge is 0.319 e. The van der Waals surface area contributed by atoms with Crippen molar-refractivity contribution in [3.8, 4) is 11.1 Å². The van der Waals surface area contributed by atoms with E-state index in [0.717, 1.165) is 35.0 Å². The number of benzene rings is 1. The molecule has 7 nitrogen and oxygen atoms in total. The number of halogens is 1. The SMILES string of the molecule is CC(=O)Nc1cc2nc(C)c(-c3ccc(F)c(NC(=O)NC4CC(C)(C)C4)c3)cc2cn1. The molecule has 0 spiro atoms. The van der Waals surface area contributed by atoms with E-state index in [9.17, 15) is 14.0 Å². The first kappa shape index (κ1) is 21.7. The van der Waals surface area contributed by atoms with Gasteiger partial charge in [-0.1, -0.05) is 19.9 Å². The van der Waals surface area contributed by atoms with Crippen LogP contribution in [0.15, 0.2) is 36.5 Å². The minimum Gasteiger partial charge on any atom is -0.335 e. The maximum Gasteiger partial charge on any atom is 0.319 e. The molecule has 3 aromatic rings. The largest absolute Gasteiger partial charge is 0.335 e. The summed E-state index contributed by atoms with van der Waals surface area (Å²) in [5.41, 5.74) is 3.29. The molecular weight excluding hydrogens is 409 g/mol. The molecule has 8 heteroatoms. The number of carbonyl (C=O) groups is 2. The van der Waals surface area contributed by atoms with Crippen LogP contribution in [-0.4, -0.2) is 27.9 Å². The molecule has 0 unspecified atom stereocenters. The Balaban J connectivity index is 1.57. The topological polar surface area (TPSA) is 96.0 Å². The van der Waals surface area contributed by atoms with Crippen LogP contribution in [0.25, 0.3) is 22.0 Å². The third-order valence-electron chi connectivity index (χ3n) is 5.65. The molecule has 1 aliphatic rings. The van der Waals surface area contributed by atoms with Gasteiger partial charge in [-0.3, -0.25) is 9.78 Å². The summed E-state index contributed by atoms with van der Waals surface area (Å²) >= 11 is 0. The van der Waals surface area contributed by atoms with Crippen molar-refractivity contribution in [2.75, 3.05) is 10.6 Å². The van der Waals surface area contributed by atoms with Crippen molar-refractivity contribution in [3.63, 3.8) is 0 Å². The predicted octanol–water partition coefficient (Wildman–Crippen LogP) is 5.01. The highest BCUT2D eigenvalue weighted by molar-refractivity contribution is 5.93. The summed E-state index contributed by atoms with van der Waals surface area (Å²) in [5, 5.41) is 8.95. The molecule has 0 aliphatic heterocycles. The number of amides is 3. The lowest BCUT2D eigenvalue weighted by molar-refractivity contribution is -0.114. The molecule has 1 aromatic carbocycles. The van der Waals surface area contributed by atoms with Gasteiger partial charge in [0.1, 0.15) is 11.6 Å². The summed E-state index contributed by atoms with van der Waals surface area (Å²) < 4.78 is 14.4. The van der Waals surface area contributed by atoms with Crippen molar-refractivity contribution in [2.24, 2.45) is 5.41 Å². The summed E-state index contributed by atoms with van der Waals surface area (Å²) in [6.07, 6.45) is 3.44. The van der Waals surface area contributed by atoms with Crippen LogP contribution < -0.4 is 16.0 Å². The van der Waals surface area contributed by atoms with Crippen LogP contribution in [0.4, 0.5) is 20.7 Å². The number of fused-ring (bicyclic) bond motifs is 1. The lowest BCUT2D eigenvalue weighted by atomic mass is 9.68. The minimum atomic E-state index is -0.508. The van der Waals surface area contributed by atoms with Crippen molar-refractivity contribution in [2.45, 2.75) is 46.6 Å². The Morgan fingerprint density at radius 3 is 2.56 bits per heavy atom. The van der Waals surface area contributed by atoms with E-state index in [1.165, 1.54) is 13.0 Å². The number of rotatable bonds is 4. The first-order valence-electron chi connectivity index (χ1n) is 10.5. The first-order chi connectivity index (χ1) is 15.1. The second-order valence-electron chi connectivity index (χ2n) is 9.13. The van der Waals surface area contributed by atoms with E-state index in [-0.39, 0.29) is 23.1 Å². The fourth-order valence-corrected chi connectivity index (χ4v) is 4.21. The van der Waals surface area contributed by atoms with Gasteiger partial charge in [-0.2, -0.15) is 0 Å². The van der Waals surface area contributed by atoms with Gasteiger partial charge in [0.05, 0.1) is 11.2 Å². The van der Waals surface area contributed by atoms with Gasteiger partial charge < -0.3 is 16.0 Å². The molecule has 1 aliphatic carbocycles. The van der Waals surface area contributed by atoms with Crippen molar-refractivity contribution in [3.05, 3.63) is 48.0 Å². The summed E-state index contributed by atoms with van der Waals surface area (Å²) in [6.45, 7) is 7.58. The number of nitrogens with one attached hydrogen (secondary N) is 3. The third-order valence-corrected chi connectivity index (χ3v) is 5.65. The second kappa shape index (κ2) is 8.18. The van der Waals surface area contributed by atoms with Gasteiger partial charge in [0, 0.05) is 41.9 Å². The minimum absolute atomic E-state index is 0.109. The van der Waals surface area contributed by atoms with E-state index in [1.54, 1.807) is 24.4 Å². The van der Waals surface area contributed by atoms with Crippen LogP contribution in [0.1, 0.15) is 39.3 Å². The number of carbonyl (C=O) groups excluding carboxylic acids is 2. The maximum absolute atomic E-state index is 14.4. The fourth-order valence-electron chi connectivity index (χ4n) is 4.21. The average molecular weight is 436 g/mol. The summed E-state index contributed by atoms with van der Waals surface area (Å²) in [6, 6.07) is 7.91. The number of hydrogen-bond donors (Lipinski definition) is 3. The van der Waals surface area contributed by atoms with Crippen LogP contribution in [-0.2, 0) is 4.79 Å². The Labute approximate surface area is 185 Å². The fraction of sp³-hybridized carbons (Fsp3) is 0.333. The number of anilines is 2. The van der Waals surface area contributed by atoms with Crippen molar-refractivity contribution in [1.29, 1.82) is 0 Å². The van der Waals surface area contributed by atoms with Crippen LogP contribution in [0.5, 0.6) is 0 Å². The van der Waals surface area contributed by atoms with E-state index in [0.29, 0.717) is 11.3 Å². The number of aryl methyl sites for hydroxylation is 1. The molecule has 4 rings (SSSR count). The van der Waals surface area contributed by atoms with Gasteiger partial charge in [0.15, 0.2) is 0 Å². The molecule has 0 bridgehead atoms. The Hall–Kier alpha value is -3.55. The van der Waals surface area contributed by atoms with Crippen LogP contribution in [0.3, 0.4) is 0 Å². The highest BCUT2D eigenvalue weighted by atomic mass is 19.1. The number of pyridine rings is 2. The molecular formula is C24H26FN5O2. The summed E-state index contributed by atoms with van der Waals surface area (Å²) in [7, 11) is 0. The van der Waals surface area contributed by atoms with Gasteiger partial charge in [-0.15, -0.1) is 0 Å². The van der Waals surface area contributed by atoms with Gasteiger partial charge >= 0.3 is 6.03 Å². The number of nitrogens with zero attached hydrogens (tertiary/aromatic N) is 2. The van der Waals surface area contributed by atoms with E-state index in [2.05, 4.69) is 39.8 Å². The maximum atomic E-state index is 14.4. The van der Waals surface area contributed by atoms with Gasteiger partial charge in [0.2, 0.25) is 5.91 Å². The molecule has 2 aromatic heterocycles. The molecule has 166 valence electrons. The van der Waals surface area contributed by atoms with Crippen LogP contribution >= 0.6 is 0 Å². The Morgan fingerprint density at radius 1 is 1.12 bits per heavy atom. The number of aromatic nitrogens is 2. The highest BCUT2D eigenvalue weighted by Gasteiger charge is 2.36. The van der Waals surface area contributed by atoms with Gasteiger partial charge in [-0.05, 0) is 48.9 Å². The number of urea groups is 1. The summed E-state index contributed by atoms with van der Waals surface area (Å²) in [4.78, 5) is 32.5. The Morgan fingerprint density at radius 2 is 1.88 bits per heavy atom. The zero-order valence-electron chi connectivity index (χ0n) is 18.5. The van der Waals surface area contributed by atoms with E-state index in [4.69, 9.17) is 0 Å². The molecule has 0 atom stereocenters. The van der Waals surface area contributed by atoms with Gasteiger partial charge in [0.25, 0.3) is 0 Å². The molecule has 0 saturated heterocycles. The standard InChI is InChI=1S/C24H26FN5O2/c1-13-18(7-16-12-26-22(28-14(2)31)9-20(16)27-13)15-5-6-19(25)21(8-15)30-23(32)29-17-10-24(3,4)11-17/h5-9,12,17H,10-11H2,1-4H3,(H,26,28,31)(H2,29,30,32). The normalized spacial score (nSPS) is 15.2. The quantitative estimate of drug-likeness (QED) is 0.537. The first-order valence-corrected chi connectivity index (χ1v) is 10.5. The van der Waals surface area contributed by atoms with Crippen LogP contribution in [0, 0.1) is 18.2 Å². The summed E-state index contributed by atoms with van der Waals surface area (Å²) in [5.74, 6) is -0.286. The van der Waals surface area contributed by atoms with E-state index < -0.39 is 11.8 Å². The van der Waals surface area contributed by atoms with Crippen LogP contribution in [0.2, 0.25) is 0 Å². The van der Waals surface area contributed by atoms with E-state index in [1.807, 2.05) is 13.0 Å². The monoisotopic (exact) mass is 435 g/mol. The van der Waals surface area contributed by atoms with Crippen molar-refractivity contribution >= 4 is 34.3 Å². The molecule has 0 radical (unpaired) electrons. The zero-order chi connectivity index (χ0) is 23.0. The molecule has 1 saturated carbocycles. The second-order valence-corrected chi connectivity index (χ2v) is 9.13. The molecule has 3 amide bonds. The molecule has 2 heterocycles. The van der Waals surface area contributed by atoms with Crippen molar-refractivity contribution in [1.82, 2.24) is 15.3 Å². The molecule has 1 fully saturated rings. The van der Waals surface area contributed by atoms with Crippen molar-refractivity contribution < 1.29 is 14.0 Å². The molecule has 3 N–H and O–H groups in total. The molecule has 32 heavy (non-hydrogen) atoms. The lowest BCUT2D eigenvalue weighted by Gasteiger charge is -2.42. The Bertz CT molecular complexity index is 1220. The zero-order valence-corrected chi connectivity index (χ0v) is 18.5. The Kier molecular flexibility index (Phi) is 5.54. The van der Waals surface area contributed by atoms with Gasteiger partial charge in [-0.25, -0.2) is 14.2 Å². The van der Waals surface area contributed by atoms with E-state index >= 15 is 0 Å². The average Bonchev–Trinajstić information content (AvgIpc) is 2.67. The predicted molar refractivity (Wildman–Crippen MR) is 123 cm³/mol. The third kappa shape index (κ3) is 4.69. The highest BCUT2D eigenvalue weighted by Crippen LogP contribution is 2.39. The lowest BCUT2D eigenvalue weighted by Crippen LogP contribution is -2.49.